The van der Waals surface area contributed by atoms with E-state index in [0.717, 1.165) is 28.0 Å². The van der Waals surface area contributed by atoms with Gasteiger partial charge >= 0.3 is 0 Å². The minimum atomic E-state index is 0.124. The normalized spacial score (nSPS) is 15.8. The summed E-state index contributed by atoms with van der Waals surface area (Å²) in [7, 11) is 1.64. The number of hydrogen-bond donors (Lipinski definition) is 0. The molecule has 4 heteroatoms. The first-order chi connectivity index (χ1) is 7.61. The van der Waals surface area contributed by atoms with E-state index in [1.165, 1.54) is 0 Å². The molecule has 1 saturated heterocycles. The van der Waals surface area contributed by atoms with E-state index in [0.29, 0.717) is 5.92 Å². The molecule has 1 aromatic rings. The van der Waals surface area contributed by atoms with Crippen molar-refractivity contribution in [1.29, 1.82) is 0 Å². The highest BCUT2D eigenvalue weighted by atomic mass is 127. The first kappa shape index (κ1) is 11.7. The molecule has 2 rings (SSSR count). The first-order valence-corrected chi connectivity index (χ1v) is 6.32. The van der Waals surface area contributed by atoms with Gasteiger partial charge in [0.2, 0.25) is 0 Å². The van der Waals surface area contributed by atoms with Crippen molar-refractivity contribution in [2.75, 3.05) is 20.2 Å². The van der Waals surface area contributed by atoms with Crippen LogP contribution in [-0.4, -0.2) is 31.0 Å². The number of ether oxygens (including phenoxy) is 1. The summed E-state index contributed by atoms with van der Waals surface area (Å²) in [5.74, 6) is 1.58. The zero-order chi connectivity index (χ0) is 11.7. The van der Waals surface area contributed by atoms with Gasteiger partial charge in [0, 0.05) is 18.7 Å². The molecule has 0 atom stereocenters. The molecule has 0 aliphatic carbocycles. The van der Waals surface area contributed by atoms with Crippen molar-refractivity contribution >= 4 is 28.5 Å². The molecule has 0 bridgehead atoms. The fourth-order valence-corrected chi connectivity index (χ4v) is 2.58. The second-order valence-electron chi connectivity index (χ2n) is 4.16. The summed E-state index contributed by atoms with van der Waals surface area (Å²) in [6.45, 7) is 3.91. The first-order valence-electron chi connectivity index (χ1n) is 5.24. The molecule has 16 heavy (non-hydrogen) atoms. The van der Waals surface area contributed by atoms with Crippen LogP contribution >= 0.6 is 22.6 Å². The lowest BCUT2D eigenvalue weighted by Gasteiger charge is -2.37. The Morgan fingerprint density at radius 3 is 2.69 bits per heavy atom. The van der Waals surface area contributed by atoms with E-state index in [9.17, 15) is 4.79 Å². The van der Waals surface area contributed by atoms with Crippen LogP contribution in [0.25, 0.3) is 0 Å². The van der Waals surface area contributed by atoms with Crippen molar-refractivity contribution in [3.05, 3.63) is 27.3 Å². The van der Waals surface area contributed by atoms with Crippen LogP contribution in [0.15, 0.2) is 18.2 Å². The number of rotatable bonds is 2. The van der Waals surface area contributed by atoms with E-state index < -0.39 is 0 Å². The molecule has 0 radical (unpaired) electrons. The van der Waals surface area contributed by atoms with Crippen LogP contribution in [0.5, 0.6) is 5.75 Å². The summed E-state index contributed by atoms with van der Waals surface area (Å²) < 4.78 is 6.14. The van der Waals surface area contributed by atoms with Crippen molar-refractivity contribution in [2.45, 2.75) is 6.92 Å². The Labute approximate surface area is 109 Å². The van der Waals surface area contributed by atoms with E-state index in [2.05, 4.69) is 29.5 Å². The number of methoxy groups -OCH3 is 1. The molecule has 1 heterocycles. The average molecular weight is 331 g/mol. The quantitative estimate of drug-likeness (QED) is 0.779. The smallest absolute Gasteiger partial charge is 0.253 e. The molecule has 86 valence electrons. The molecule has 0 saturated carbocycles. The van der Waals surface area contributed by atoms with Crippen LogP contribution in [-0.2, 0) is 0 Å². The SMILES string of the molecule is COc1ccc(C(=O)N2CC(C)C2)cc1I. The molecule has 0 spiro atoms. The molecular weight excluding hydrogens is 317 g/mol. The third-order valence-corrected chi connectivity index (χ3v) is 3.59. The van der Waals surface area contributed by atoms with E-state index in [-0.39, 0.29) is 5.91 Å². The number of hydrogen-bond acceptors (Lipinski definition) is 2. The van der Waals surface area contributed by atoms with Crippen molar-refractivity contribution in [3.8, 4) is 5.75 Å². The van der Waals surface area contributed by atoms with Crippen LogP contribution in [0.3, 0.4) is 0 Å². The fourth-order valence-electron chi connectivity index (χ4n) is 1.85. The van der Waals surface area contributed by atoms with E-state index >= 15 is 0 Å². The van der Waals surface area contributed by atoms with Gasteiger partial charge in [-0.15, -0.1) is 0 Å². The Hall–Kier alpha value is -0.780. The summed E-state index contributed by atoms with van der Waals surface area (Å²) in [4.78, 5) is 13.9. The molecule has 1 aliphatic heterocycles. The Bertz CT molecular complexity index is 413. The summed E-state index contributed by atoms with van der Waals surface area (Å²) >= 11 is 2.18. The molecule has 1 fully saturated rings. The number of likely N-dealkylation sites (tertiary alicyclic amines) is 1. The number of carbonyl (C=O) groups excluding carboxylic acids is 1. The number of benzene rings is 1. The standard InChI is InChI=1S/C12H14INO2/c1-8-6-14(7-8)12(15)9-3-4-11(16-2)10(13)5-9/h3-5,8H,6-7H2,1-2H3. The van der Waals surface area contributed by atoms with E-state index in [4.69, 9.17) is 4.74 Å². The van der Waals surface area contributed by atoms with Crippen LogP contribution in [0, 0.1) is 9.49 Å². The Balaban J connectivity index is 2.15. The molecule has 1 amide bonds. The van der Waals surface area contributed by atoms with Crippen molar-refractivity contribution in [2.24, 2.45) is 5.92 Å². The van der Waals surface area contributed by atoms with Crippen LogP contribution in [0.4, 0.5) is 0 Å². The maximum absolute atomic E-state index is 12.0. The van der Waals surface area contributed by atoms with Crippen LogP contribution in [0.1, 0.15) is 17.3 Å². The molecule has 0 unspecified atom stereocenters. The van der Waals surface area contributed by atoms with Gasteiger partial charge in [0.05, 0.1) is 10.7 Å². The Morgan fingerprint density at radius 2 is 2.19 bits per heavy atom. The second-order valence-corrected chi connectivity index (χ2v) is 5.33. The van der Waals surface area contributed by atoms with Crippen LogP contribution in [0.2, 0.25) is 0 Å². The highest BCUT2D eigenvalue weighted by molar-refractivity contribution is 14.1. The lowest BCUT2D eigenvalue weighted by atomic mass is 10.0. The van der Waals surface area contributed by atoms with Gasteiger partial charge in [-0.05, 0) is 46.7 Å². The number of nitrogens with zero attached hydrogens (tertiary/aromatic N) is 1. The van der Waals surface area contributed by atoms with Gasteiger partial charge in [0.15, 0.2) is 0 Å². The average Bonchev–Trinajstić information content (AvgIpc) is 2.24. The second kappa shape index (κ2) is 4.61. The summed E-state index contributed by atoms with van der Waals surface area (Å²) in [6.07, 6.45) is 0. The predicted octanol–water partition coefficient (Wildman–Crippen LogP) is 2.39. The highest BCUT2D eigenvalue weighted by Gasteiger charge is 2.27. The zero-order valence-corrected chi connectivity index (χ0v) is 11.5. The Morgan fingerprint density at radius 1 is 1.50 bits per heavy atom. The fraction of sp³-hybridized carbons (Fsp3) is 0.417. The molecule has 1 aromatic carbocycles. The zero-order valence-electron chi connectivity index (χ0n) is 9.37. The largest absolute Gasteiger partial charge is 0.496 e. The third kappa shape index (κ3) is 2.16. The molecule has 3 nitrogen and oxygen atoms in total. The van der Waals surface area contributed by atoms with E-state index in [1.54, 1.807) is 7.11 Å². The van der Waals surface area contributed by atoms with Gasteiger partial charge in [-0.3, -0.25) is 4.79 Å². The van der Waals surface area contributed by atoms with Crippen molar-refractivity contribution in [3.63, 3.8) is 0 Å². The minimum absolute atomic E-state index is 0.124. The molecule has 0 N–H and O–H groups in total. The number of halogens is 1. The van der Waals surface area contributed by atoms with Gasteiger partial charge < -0.3 is 9.64 Å². The number of carbonyl (C=O) groups is 1. The molecule has 1 aliphatic rings. The summed E-state index contributed by atoms with van der Waals surface area (Å²) in [5, 5.41) is 0. The maximum Gasteiger partial charge on any atom is 0.253 e. The molecular formula is C12H14INO2. The van der Waals surface area contributed by atoms with Gasteiger partial charge in [0.1, 0.15) is 5.75 Å². The minimum Gasteiger partial charge on any atom is -0.496 e. The predicted molar refractivity (Wildman–Crippen MR) is 70.8 cm³/mol. The van der Waals surface area contributed by atoms with E-state index in [1.807, 2.05) is 23.1 Å². The monoisotopic (exact) mass is 331 g/mol. The third-order valence-electron chi connectivity index (χ3n) is 2.75. The molecule has 0 aromatic heterocycles. The van der Waals surface area contributed by atoms with Crippen molar-refractivity contribution < 1.29 is 9.53 Å². The summed E-state index contributed by atoms with van der Waals surface area (Å²) in [5.41, 5.74) is 0.747. The highest BCUT2D eigenvalue weighted by Crippen LogP contribution is 2.24. The number of amides is 1. The Kier molecular flexibility index (Phi) is 3.37. The van der Waals surface area contributed by atoms with Gasteiger partial charge in [-0.25, -0.2) is 0 Å². The van der Waals surface area contributed by atoms with Gasteiger partial charge in [-0.2, -0.15) is 0 Å². The van der Waals surface area contributed by atoms with Gasteiger partial charge in [0.25, 0.3) is 5.91 Å². The van der Waals surface area contributed by atoms with Crippen molar-refractivity contribution in [1.82, 2.24) is 4.90 Å². The van der Waals surface area contributed by atoms with Crippen LogP contribution < -0.4 is 4.74 Å². The topological polar surface area (TPSA) is 29.5 Å². The lowest BCUT2D eigenvalue weighted by Crippen LogP contribution is -2.48. The summed E-state index contributed by atoms with van der Waals surface area (Å²) in [6, 6.07) is 5.55. The van der Waals surface area contributed by atoms with Gasteiger partial charge in [-0.1, -0.05) is 6.92 Å². The maximum atomic E-state index is 12.0. The lowest BCUT2D eigenvalue weighted by molar-refractivity contribution is 0.0530.